The lowest BCUT2D eigenvalue weighted by atomic mass is 9.82. The summed E-state index contributed by atoms with van der Waals surface area (Å²) in [7, 11) is 0. The van der Waals surface area contributed by atoms with Crippen LogP contribution in [0.3, 0.4) is 0 Å². The van der Waals surface area contributed by atoms with Gasteiger partial charge in [-0.15, -0.1) is 0 Å². The van der Waals surface area contributed by atoms with Crippen molar-refractivity contribution in [3.8, 4) is 0 Å². The highest BCUT2D eigenvalue weighted by atomic mass is 15.2. The van der Waals surface area contributed by atoms with Crippen LogP contribution in [0.1, 0.15) is 38.7 Å². The van der Waals surface area contributed by atoms with Crippen LogP contribution in [0.15, 0.2) is 24.3 Å². The summed E-state index contributed by atoms with van der Waals surface area (Å²) in [5, 5.41) is 3.68. The summed E-state index contributed by atoms with van der Waals surface area (Å²) in [6.45, 7) is 8.51. The number of fused-ring (bicyclic) bond motifs is 1. The van der Waals surface area contributed by atoms with Crippen LogP contribution in [0.4, 0.5) is 5.69 Å². The summed E-state index contributed by atoms with van der Waals surface area (Å²) in [6.07, 6.45) is 5.24. The molecule has 0 saturated carbocycles. The maximum Gasteiger partial charge on any atom is 0.0429 e. The lowest BCUT2D eigenvalue weighted by Crippen LogP contribution is -2.35. The van der Waals surface area contributed by atoms with Crippen LogP contribution in [-0.2, 0) is 6.42 Å². The smallest absolute Gasteiger partial charge is 0.0429 e. The normalized spacial score (nSPS) is 25.3. The summed E-state index contributed by atoms with van der Waals surface area (Å²) < 4.78 is 0. The fraction of sp³-hybridized carbons (Fsp3) is 0.647. The lowest BCUT2D eigenvalue weighted by Gasteiger charge is -2.27. The number of anilines is 1. The molecule has 2 nitrogen and oxygen atoms in total. The summed E-state index contributed by atoms with van der Waals surface area (Å²) in [5.41, 5.74) is 3.44. The predicted molar refractivity (Wildman–Crippen MR) is 81.6 cm³/mol. The third-order valence-electron chi connectivity index (χ3n) is 5.34. The lowest BCUT2D eigenvalue weighted by molar-refractivity contribution is 0.236. The molecule has 0 radical (unpaired) electrons. The molecule has 1 atom stereocenters. The van der Waals surface area contributed by atoms with Gasteiger partial charge in [0.1, 0.15) is 0 Å². The van der Waals surface area contributed by atoms with Crippen LogP contribution in [0.5, 0.6) is 0 Å². The second-order valence-electron chi connectivity index (χ2n) is 6.39. The van der Waals surface area contributed by atoms with E-state index in [1.54, 1.807) is 0 Å². The Kier molecular flexibility index (Phi) is 3.53. The van der Waals surface area contributed by atoms with E-state index >= 15 is 0 Å². The zero-order chi connectivity index (χ0) is 13.3. The van der Waals surface area contributed by atoms with Crippen molar-refractivity contribution >= 4 is 5.69 Å². The molecule has 2 heteroatoms. The van der Waals surface area contributed by atoms with Crippen molar-refractivity contribution in [1.82, 2.24) is 4.90 Å². The zero-order valence-corrected chi connectivity index (χ0v) is 12.3. The first-order valence-electron chi connectivity index (χ1n) is 7.81. The van der Waals surface area contributed by atoms with Gasteiger partial charge in [-0.05, 0) is 49.3 Å². The third-order valence-corrected chi connectivity index (χ3v) is 5.34. The Morgan fingerprint density at radius 2 is 2.05 bits per heavy atom. The van der Waals surface area contributed by atoms with Crippen LogP contribution < -0.4 is 5.32 Å². The zero-order valence-electron chi connectivity index (χ0n) is 12.3. The van der Waals surface area contributed by atoms with Crippen molar-refractivity contribution in [1.29, 1.82) is 0 Å². The molecule has 0 bridgehead atoms. The molecule has 1 N–H and O–H groups in total. The van der Waals surface area contributed by atoms with Gasteiger partial charge in [0.25, 0.3) is 0 Å². The van der Waals surface area contributed by atoms with Gasteiger partial charge in [0.05, 0.1) is 0 Å². The van der Waals surface area contributed by atoms with Crippen LogP contribution >= 0.6 is 0 Å². The number of likely N-dealkylation sites (tertiary alicyclic amines) is 1. The molecule has 1 fully saturated rings. The number of rotatable bonds is 4. The van der Waals surface area contributed by atoms with Crippen LogP contribution in [-0.4, -0.2) is 30.6 Å². The van der Waals surface area contributed by atoms with E-state index in [9.17, 15) is 0 Å². The molecule has 2 aliphatic heterocycles. The molecule has 3 rings (SSSR count). The molecule has 1 aromatic rings. The van der Waals surface area contributed by atoms with Crippen molar-refractivity contribution in [2.45, 2.75) is 45.6 Å². The van der Waals surface area contributed by atoms with Crippen LogP contribution in [0.2, 0.25) is 0 Å². The van der Waals surface area contributed by atoms with E-state index in [1.807, 2.05) is 0 Å². The van der Waals surface area contributed by atoms with Gasteiger partial charge in [0.15, 0.2) is 0 Å². The fourth-order valence-corrected chi connectivity index (χ4v) is 3.81. The summed E-state index contributed by atoms with van der Waals surface area (Å²) in [4.78, 5) is 2.68. The molecule has 1 aromatic carbocycles. The SMILES string of the molecule is CCC1(CC)CCN(CC2Cc3ccccc3N2)C1. The topological polar surface area (TPSA) is 15.3 Å². The van der Waals surface area contributed by atoms with Crippen molar-refractivity contribution in [2.24, 2.45) is 5.41 Å². The Morgan fingerprint density at radius 3 is 2.74 bits per heavy atom. The van der Waals surface area contributed by atoms with Crippen LogP contribution in [0, 0.1) is 5.41 Å². The molecule has 0 aliphatic carbocycles. The first-order valence-corrected chi connectivity index (χ1v) is 7.81. The number of benzene rings is 1. The third kappa shape index (κ3) is 2.51. The molecule has 0 amide bonds. The Labute approximate surface area is 117 Å². The largest absolute Gasteiger partial charge is 0.380 e. The van der Waals surface area contributed by atoms with E-state index < -0.39 is 0 Å². The Hall–Kier alpha value is -1.02. The summed E-state index contributed by atoms with van der Waals surface area (Å²) in [5.74, 6) is 0. The van der Waals surface area contributed by atoms with Crippen molar-refractivity contribution in [3.05, 3.63) is 29.8 Å². The molecule has 1 unspecified atom stereocenters. The summed E-state index contributed by atoms with van der Waals surface area (Å²) in [6, 6.07) is 9.36. The van der Waals surface area contributed by atoms with E-state index in [2.05, 4.69) is 48.3 Å². The molecule has 19 heavy (non-hydrogen) atoms. The van der Waals surface area contributed by atoms with Gasteiger partial charge < -0.3 is 10.2 Å². The number of para-hydroxylation sites is 1. The first kappa shape index (κ1) is 13.0. The van der Waals surface area contributed by atoms with Crippen molar-refractivity contribution in [2.75, 3.05) is 25.0 Å². The fourth-order valence-electron chi connectivity index (χ4n) is 3.81. The molecule has 104 valence electrons. The second-order valence-corrected chi connectivity index (χ2v) is 6.39. The van der Waals surface area contributed by atoms with Gasteiger partial charge >= 0.3 is 0 Å². The van der Waals surface area contributed by atoms with Gasteiger partial charge in [-0.3, -0.25) is 0 Å². The highest BCUT2D eigenvalue weighted by molar-refractivity contribution is 5.56. The van der Waals surface area contributed by atoms with Gasteiger partial charge in [0.2, 0.25) is 0 Å². The summed E-state index contributed by atoms with van der Waals surface area (Å²) >= 11 is 0. The quantitative estimate of drug-likeness (QED) is 0.888. The van der Waals surface area contributed by atoms with E-state index in [-0.39, 0.29) is 0 Å². The standard InChI is InChI=1S/C17H26N2/c1-3-17(4-2)9-10-19(13-17)12-15-11-14-7-5-6-8-16(14)18-15/h5-8,15,18H,3-4,9-13H2,1-2H3. The minimum atomic E-state index is 0.603. The molecule has 1 saturated heterocycles. The maximum absolute atomic E-state index is 3.68. The Morgan fingerprint density at radius 1 is 1.26 bits per heavy atom. The molecule has 2 aliphatic rings. The van der Waals surface area contributed by atoms with Gasteiger partial charge in [-0.25, -0.2) is 0 Å². The van der Waals surface area contributed by atoms with Gasteiger partial charge in [0, 0.05) is 24.8 Å². The number of nitrogens with one attached hydrogen (secondary N) is 1. The Bertz CT molecular complexity index is 412. The second kappa shape index (κ2) is 5.16. The highest BCUT2D eigenvalue weighted by Gasteiger charge is 2.36. The maximum atomic E-state index is 3.68. The number of hydrogen-bond acceptors (Lipinski definition) is 2. The minimum absolute atomic E-state index is 0.603. The Balaban J connectivity index is 1.58. The first-order chi connectivity index (χ1) is 9.24. The molecule has 0 aromatic heterocycles. The average molecular weight is 258 g/mol. The van der Waals surface area contributed by atoms with Gasteiger partial charge in [-0.2, -0.15) is 0 Å². The van der Waals surface area contributed by atoms with E-state index in [4.69, 9.17) is 0 Å². The molecular weight excluding hydrogens is 232 g/mol. The monoisotopic (exact) mass is 258 g/mol. The number of nitrogens with zero attached hydrogens (tertiary/aromatic N) is 1. The van der Waals surface area contributed by atoms with E-state index in [1.165, 1.54) is 56.6 Å². The van der Waals surface area contributed by atoms with Crippen molar-refractivity contribution in [3.63, 3.8) is 0 Å². The molecule has 0 spiro atoms. The van der Waals surface area contributed by atoms with Crippen molar-refractivity contribution < 1.29 is 0 Å². The highest BCUT2D eigenvalue weighted by Crippen LogP contribution is 2.37. The average Bonchev–Trinajstić information content (AvgIpc) is 3.03. The van der Waals surface area contributed by atoms with E-state index in [0.717, 1.165) is 0 Å². The van der Waals surface area contributed by atoms with Gasteiger partial charge in [-0.1, -0.05) is 32.0 Å². The molecular formula is C17H26N2. The molecule has 2 heterocycles. The minimum Gasteiger partial charge on any atom is -0.380 e. The predicted octanol–water partition coefficient (Wildman–Crippen LogP) is 3.54. The van der Waals surface area contributed by atoms with E-state index in [0.29, 0.717) is 11.5 Å². The number of hydrogen-bond donors (Lipinski definition) is 1. The van der Waals surface area contributed by atoms with Crippen LogP contribution in [0.25, 0.3) is 0 Å².